The third-order valence-corrected chi connectivity index (χ3v) is 4.95. The molecule has 1 aromatic carbocycles. The number of nitrogens with one attached hydrogen (secondary N) is 2. The maximum atomic E-state index is 12.1. The number of H-pyrrole nitrogens is 1. The van der Waals surface area contributed by atoms with Gasteiger partial charge in [-0.15, -0.1) is 5.10 Å². The van der Waals surface area contributed by atoms with Gasteiger partial charge in [-0.05, 0) is 43.5 Å². The van der Waals surface area contributed by atoms with Crippen molar-refractivity contribution in [3.05, 3.63) is 29.6 Å². The summed E-state index contributed by atoms with van der Waals surface area (Å²) in [5, 5.41) is 10.5. The Morgan fingerprint density at radius 2 is 2.17 bits per heavy atom. The molecule has 1 aliphatic rings. The molecule has 0 saturated carbocycles. The van der Waals surface area contributed by atoms with E-state index in [2.05, 4.69) is 38.4 Å². The molecule has 1 fully saturated rings. The van der Waals surface area contributed by atoms with Gasteiger partial charge in [-0.1, -0.05) is 18.7 Å². The summed E-state index contributed by atoms with van der Waals surface area (Å²) in [7, 11) is 0. The molecule has 1 amide bonds. The minimum absolute atomic E-state index is 0.0452. The van der Waals surface area contributed by atoms with Crippen LogP contribution in [0.5, 0.6) is 0 Å². The van der Waals surface area contributed by atoms with Crippen molar-refractivity contribution in [2.75, 3.05) is 29.1 Å². The maximum absolute atomic E-state index is 12.1. The number of nitrogens with zero attached hydrogens (tertiary/aromatic N) is 3. The first-order valence-corrected chi connectivity index (χ1v) is 9.34. The van der Waals surface area contributed by atoms with Gasteiger partial charge >= 0.3 is 0 Å². The van der Waals surface area contributed by atoms with Gasteiger partial charge in [0.05, 0.1) is 5.75 Å². The van der Waals surface area contributed by atoms with Gasteiger partial charge in [-0.25, -0.2) is 4.98 Å². The molecule has 1 saturated heterocycles. The van der Waals surface area contributed by atoms with Crippen LogP contribution in [0.4, 0.5) is 11.4 Å². The molecule has 1 aromatic heterocycles. The summed E-state index contributed by atoms with van der Waals surface area (Å²) in [5.74, 6) is 1.09. The molecule has 7 heteroatoms. The van der Waals surface area contributed by atoms with E-state index in [1.807, 2.05) is 19.1 Å². The average molecular weight is 345 g/mol. The first-order valence-electron chi connectivity index (χ1n) is 8.35. The molecule has 2 N–H and O–H groups in total. The number of aryl methyl sites for hydroxylation is 2. The smallest absolute Gasteiger partial charge is 0.234 e. The molecule has 0 unspecified atom stereocenters. The lowest BCUT2D eigenvalue weighted by atomic mass is 10.1. The molecule has 1 aliphatic heterocycles. The second-order valence-corrected chi connectivity index (χ2v) is 6.89. The summed E-state index contributed by atoms with van der Waals surface area (Å²) < 4.78 is 0. The lowest BCUT2D eigenvalue weighted by molar-refractivity contribution is -0.113. The number of carbonyl (C=O) groups excluding carboxylic acids is 1. The zero-order valence-electron chi connectivity index (χ0n) is 14.1. The van der Waals surface area contributed by atoms with Crippen LogP contribution in [0.3, 0.4) is 0 Å². The van der Waals surface area contributed by atoms with Crippen molar-refractivity contribution in [1.82, 2.24) is 15.2 Å². The van der Waals surface area contributed by atoms with Crippen LogP contribution < -0.4 is 10.2 Å². The zero-order chi connectivity index (χ0) is 16.9. The lowest BCUT2D eigenvalue weighted by Gasteiger charge is -2.20. The van der Waals surface area contributed by atoms with E-state index in [0.717, 1.165) is 31.0 Å². The fourth-order valence-corrected chi connectivity index (χ4v) is 3.49. The molecule has 0 atom stereocenters. The molecule has 24 heavy (non-hydrogen) atoms. The van der Waals surface area contributed by atoms with Crippen molar-refractivity contribution in [2.24, 2.45) is 0 Å². The number of amides is 1. The first kappa shape index (κ1) is 16.8. The number of benzene rings is 1. The van der Waals surface area contributed by atoms with Crippen molar-refractivity contribution in [3.63, 3.8) is 0 Å². The number of rotatable bonds is 6. The number of hydrogen-bond donors (Lipinski definition) is 2. The number of hydrogen-bond acceptors (Lipinski definition) is 5. The SMILES string of the molecule is CCc1nc(SCC(=O)Nc2ccc(N3CCCC3)c(C)c2)n[nH]1. The minimum atomic E-state index is -0.0452. The summed E-state index contributed by atoms with van der Waals surface area (Å²) in [6.45, 7) is 6.35. The minimum Gasteiger partial charge on any atom is -0.371 e. The van der Waals surface area contributed by atoms with Crippen molar-refractivity contribution < 1.29 is 4.79 Å². The van der Waals surface area contributed by atoms with Gasteiger partial charge in [0.25, 0.3) is 0 Å². The molecule has 2 heterocycles. The second kappa shape index (κ2) is 7.70. The normalized spacial score (nSPS) is 14.2. The van der Waals surface area contributed by atoms with Gasteiger partial charge in [0.1, 0.15) is 5.82 Å². The summed E-state index contributed by atoms with van der Waals surface area (Å²) in [4.78, 5) is 18.8. The van der Waals surface area contributed by atoms with E-state index in [1.165, 1.54) is 35.9 Å². The van der Waals surface area contributed by atoms with Crippen LogP contribution in [0.2, 0.25) is 0 Å². The molecule has 128 valence electrons. The molecular weight excluding hydrogens is 322 g/mol. The number of aromatic nitrogens is 3. The summed E-state index contributed by atoms with van der Waals surface area (Å²) in [6, 6.07) is 6.12. The van der Waals surface area contributed by atoms with Crippen LogP contribution in [-0.2, 0) is 11.2 Å². The van der Waals surface area contributed by atoms with Crippen LogP contribution >= 0.6 is 11.8 Å². The third kappa shape index (κ3) is 4.08. The molecular formula is C17H23N5OS. The van der Waals surface area contributed by atoms with E-state index in [4.69, 9.17) is 0 Å². The second-order valence-electron chi connectivity index (χ2n) is 5.95. The summed E-state index contributed by atoms with van der Waals surface area (Å²) >= 11 is 1.34. The largest absolute Gasteiger partial charge is 0.371 e. The topological polar surface area (TPSA) is 73.9 Å². The number of anilines is 2. The summed E-state index contributed by atoms with van der Waals surface area (Å²) in [5.41, 5.74) is 3.31. The Balaban J connectivity index is 1.55. The van der Waals surface area contributed by atoms with Gasteiger partial charge < -0.3 is 10.2 Å². The van der Waals surface area contributed by atoms with E-state index in [1.54, 1.807) is 0 Å². The molecule has 0 spiro atoms. The Kier molecular flexibility index (Phi) is 5.40. The zero-order valence-corrected chi connectivity index (χ0v) is 14.9. The molecule has 2 aromatic rings. The molecule has 0 radical (unpaired) electrons. The van der Waals surface area contributed by atoms with Gasteiger partial charge in [0.2, 0.25) is 11.1 Å². The molecule has 0 aliphatic carbocycles. The third-order valence-electron chi connectivity index (χ3n) is 4.11. The molecule has 3 rings (SSSR count). The quantitative estimate of drug-likeness (QED) is 0.787. The Morgan fingerprint density at radius 3 is 2.83 bits per heavy atom. The van der Waals surface area contributed by atoms with Crippen LogP contribution in [0.15, 0.2) is 23.4 Å². The van der Waals surface area contributed by atoms with Crippen LogP contribution in [-0.4, -0.2) is 39.9 Å². The highest BCUT2D eigenvalue weighted by atomic mass is 32.2. The maximum Gasteiger partial charge on any atom is 0.234 e. The van der Waals surface area contributed by atoms with Gasteiger partial charge in [0.15, 0.2) is 0 Å². The van der Waals surface area contributed by atoms with Crippen molar-refractivity contribution >= 4 is 29.0 Å². The Labute approximate surface area is 146 Å². The predicted octanol–water partition coefficient (Wildman–Crippen LogP) is 3.01. The Bertz CT molecular complexity index is 709. The van der Waals surface area contributed by atoms with Gasteiger partial charge in [-0.3, -0.25) is 9.89 Å². The molecule has 0 bridgehead atoms. The van der Waals surface area contributed by atoms with Crippen LogP contribution in [0.25, 0.3) is 0 Å². The van der Waals surface area contributed by atoms with E-state index in [0.29, 0.717) is 10.9 Å². The average Bonchev–Trinajstić information content (AvgIpc) is 3.24. The van der Waals surface area contributed by atoms with E-state index < -0.39 is 0 Å². The van der Waals surface area contributed by atoms with Crippen LogP contribution in [0.1, 0.15) is 31.2 Å². The highest BCUT2D eigenvalue weighted by molar-refractivity contribution is 7.99. The number of thioether (sulfide) groups is 1. The monoisotopic (exact) mass is 345 g/mol. The van der Waals surface area contributed by atoms with Gasteiger partial charge in [-0.2, -0.15) is 0 Å². The lowest BCUT2D eigenvalue weighted by Crippen LogP contribution is -2.19. The molecule has 6 nitrogen and oxygen atoms in total. The number of carbonyl (C=O) groups is 1. The first-order chi connectivity index (χ1) is 11.7. The fraction of sp³-hybridized carbons (Fsp3) is 0.471. The summed E-state index contributed by atoms with van der Waals surface area (Å²) in [6.07, 6.45) is 3.33. The van der Waals surface area contributed by atoms with Gasteiger partial charge in [0, 0.05) is 30.9 Å². The van der Waals surface area contributed by atoms with E-state index >= 15 is 0 Å². The van der Waals surface area contributed by atoms with Crippen molar-refractivity contribution in [3.8, 4) is 0 Å². The van der Waals surface area contributed by atoms with E-state index in [9.17, 15) is 4.79 Å². The fourth-order valence-electron chi connectivity index (χ4n) is 2.87. The van der Waals surface area contributed by atoms with Crippen molar-refractivity contribution in [1.29, 1.82) is 0 Å². The number of aromatic amines is 1. The standard InChI is InChI=1S/C17H23N5OS/c1-3-15-19-17(21-20-15)24-11-16(23)18-13-6-7-14(12(2)10-13)22-8-4-5-9-22/h6-7,10H,3-5,8-9,11H2,1-2H3,(H,18,23)(H,19,20,21). The highest BCUT2D eigenvalue weighted by Gasteiger charge is 2.15. The Morgan fingerprint density at radius 1 is 1.38 bits per heavy atom. The predicted molar refractivity (Wildman–Crippen MR) is 97.7 cm³/mol. The Hall–Kier alpha value is -2.02. The van der Waals surface area contributed by atoms with E-state index in [-0.39, 0.29) is 5.91 Å². The highest BCUT2D eigenvalue weighted by Crippen LogP contribution is 2.26. The van der Waals surface area contributed by atoms with Crippen molar-refractivity contribution in [2.45, 2.75) is 38.3 Å². The van der Waals surface area contributed by atoms with Crippen LogP contribution in [0, 0.1) is 6.92 Å².